The van der Waals surface area contributed by atoms with Gasteiger partial charge in [0.05, 0.1) is 16.3 Å². The number of aryl methyl sites for hydroxylation is 1. The van der Waals surface area contributed by atoms with E-state index >= 15 is 0 Å². The number of H-pyrrole nitrogens is 1. The Bertz CT molecular complexity index is 1110. The Morgan fingerprint density at radius 2 is 2.00 bits per heavy atom. The molecule has 0 spiro atoms. The Kier molecular flexibility index (Phi) is 3.32. The van der Waals surface area contributed by atoms with Crippen molar-refractivity contribution in [2.75, 3.05) is 0 Å². The predicted octanol–water partition coefficient (Wildman–Crippen LogP) is 4.07. The van der Waals surface area contributed by atoms with E-state index in [-0.39, 0.29) is 11.5 Å². The van der Waals surface area contributed by atoms with Crippen LogP contribution in [0.1, 0.15) is 11.3 Å². The predicted molar refractivity (Wildman–Crippen MR) is 89.8 cm³/mol. The largest absolute Gasteiger partial charge is 0.245 e. The fraction of sp³-hybridized carbons (Fsp3) is 0.0588. The highest BCUT2D eigenvalue weighted by Crippen LogP contribution is 2.38. The number of halogens is 1. The fourth-order valence-electron chi connectivity index (χ4n) is 2.62. The number of thiophene rings is 1. The lowest BCUT2D eigenvalue weighted by Gasteiger charge is -2.02. The molecule has 24 heavy (non-hydrogen) atoms. The van der Waals surface area contributed by atoms with Crippen molar-refractivity contribution in [1.82, 2.24) is 20.4 Å². The van der Waals surface area contributed by atoms with E-state index in [1.165, 1.54) is 6.07 Å². The lowest BCUT2D eigenvalue weighted by atomic mass is 10.1. The number of hydrogen-bond acceptors (Lipinski definition) is 5. The van der Waals surface area contributed by atoms with Crippen molar-refractivity contribution in [2.45, 2.75) is 6.92 Å². The Labute approximate surface area is 140 Å². The third kappa shape index (κ3) is 2.25. The van der Waals surface area contributed by atoms with Crippen molar-refractivity contribution < 1.29 is 4.39 Å². The quantitative estimate of drug-likeness (QED) is 0.599. The average Bonchev–Trinajstić information content (AvgIpc) is 3.20. The van der Waals surface area contributed by atoms with Crippen LogP contribution in [0.3, 0.4) is 0 Å². The summed E-state index contributed by atoms with van der Waals surface area (Å²) in [5, 5.41) is 20.2. The van der Waals surface area contributed by atoms with Crippen LogP contribution in [0.15, 0.2) is 36.4 Å². The second-order valence-electron chi connectivity index (χ2n) is 5.24. The monoisotopic (exact) mass is 335 g/mol. The third-order valence-electron chi connectivity index (χ3n) is 3.78. The maximum Gasteiger partial charge on any atom is 0.192 e. The molecule has 0 bridgehead atoms. The summed E-state index contributed by atoms with van der Waals surface area (Å²) in [5.74, 6) is -0.252. The van der Waals surface area contributed by atoms with Crippen LogP contribution in [0.25, 0.3) is 32.0 Å². The first-order valence-electron chi connectivity index (χ1n) is 7.14. The van der Waals surface area contributed by atoms with E-state index in [4.69, 9.17) is 5.26 Å². The van der Waals surface area contributed by atoms with Crippen LogP contribution < -0.4 is 0 Å². The van der Waals surface area contributed by atoms with E-state index < -0.39 is 0 Å². The van der Waals surface area contributed by atoms with Gasteiger partial charge in [0.15, 0.2) is 5.69 Å². The highest BCUT2D eigenvalue weighted by molar-refractivity contribution is 7.22. The normalized spacial score (nSPS) is 10.9. The van der Waals surface area contributed by atoms with Gasteiger partial charge in [-0.3, -0.25) is 0 Å². The van der Waals surface area contributed by atoms with Gasteiger partial charge in [0, 0.05) is 4.70 Å². The van der Waals surface area contributed by atoms with E-state index in [9.17, 15) is 4.39 Å². The Hall–Kier alpha value is -3.11. The summed E-state index contributed by atoms with van der Waals surface area (Å²) in [5.41, 5.74) is 2.94. The van der Waals surface area contributed by atoms with Gasteiger partial charge in [0.25, 0.3) is 0 Å². The molecular weight excluding hydrogens is 325 g/mol. The summed E-state index contributed by atoms with van der Waals surface area (Å²) in [6.45, 7) is 1.96. The molecule has 0 saturated carbocycles. The summed E-state index contributed by atoms with van der Waals surface area (Å²) < 4.78 is 14.5. The number of aromatic amines is 1. The first-order chi connectivity index (χ1) is 11.7. The SMILES string of the molecule is Cc1c(-c2cccc(-c3n[nH]nc3C#N)n2)sc2ccc(F)cc12. The van der Waals surface area contributed by atoms with Crippen molar-refractivity contribution in [1.29, 1.82) is 5.26 Å². The number of rotatable bonds is 2. The van der Waals surface area contributed by atoms with Crippen LogP contribution in [-0.2, 0) is 0 Å². The maximum atomic E-state index is 13.5. The van der Waals surface area contributed by atoms with Gasteiger partial charge in [0.1, 0.15) is 17.6 Å². The summed E-state index contributed by atoms with van der Waals surface area (Å²) >= 11 is 1.56. The number of pyridine rings is 1. The molecule has 0 aliphatic carbocycles. The smallest absolute Gasteiger partial charge is 0.192 e. The van der Waals surface area contributed by atoms with E-state index in [0.29, 0.717) is 11.4 Å². The summed E-state index contributed by atoms with van der Waals surface area (Å²) in [7, 11) is 0. The van der Waals surface area contributed by atoms with Crippen LogP contribution in [0.4, 0.5) is 4.39 Å². The van der Waals surface area contributed by atoms with Crippen LogP contribution >= 0.6 is 11.3 Å². The minimum absolute atomic E-state index is 0.204. The van der Waals surface area contributed by atoms with Gasteiger partial charge in [-0.15, -0.1) is 16.4 Å². The summed E-state index contributed by atoms with van der Waals surface area (Å²) in [6.07, 6.45) is 0. The molecule has 3 aromatic heterocycles. The summed E-state index contributed by atoms with van der Waals surface area (Å²) in [6, 6.07) is 12.3. The topological polar surface area (TPSA) is 78.2 Å². The lowest BCUT2D eigenvalue weighted by Crippen LogP contribution is -1.90. The van der Waals surface area contributed by atoms with Gasteiger partial charge in [-0.1, -0.05) is 6.07 Å². The van der Waals surface area contributed by atoms with Gasteiger partial charge in [-0.25, -0.2) is 9.37 Å². The van der Waals surface area contributed by atoms with Crippen molar-refractivity contribution in [3.63, 3.8) is 0 Å². The molecule has 7 heteroatoms. The van der Waals surface area contributed by atoms with Gasteiger partial charge < -0.3 is 0 Å². The molecule has 1 N–H and O–H groups in total. The molecule has 4 aromatic rings. The molecule has 0 amide bonds. The molecule has 116 valence electrons. The van der Waals surface area contributed by atoms with E-state index in [1.807, 2.05) is 25.1 Å². The molecule has 0 radical (unpaired) electrons. The zero-order valence-corrected chi connectivity index (χ0v) is 13.4. The van der Waals surface area contributed by atoms with E-state index in [2.05, 4.69) is 20.4 Å². The fourth-order valence-corrected chi connectivity index (χ4v) is 3.78. The molecule has 0 unspecified atom stereocenters. The van der Waals surface area contributed by atoms with Crippen LogP contribution in [0.2, 0.25) is 0 Å². The van der Waals surface area contributed by atoms with Gasteiger partial charge in [-0.2, -0.15) is 15.6 Å². The van der Waals surface area contributed by atoms with E-state index in [1.54, 1.807) is 29.5 Å². The highest BCUT2D eigenvalue weighted by atomic mass is 32.1. The number of nitrogens with zero attached hydrogens (tertiary/aromatic N) is 4. The molecular formula is C17H10FN5S. The number of fused-ring (bicyclic) bond motifs is 1. The standard InChI is InChI=1S/C17H10FN5S/c1-9-11-7-10(18)5-6-15(11)24-17(9)13-4-2-3-12(20-13)16-14(8-19)21-23-22-16/h2-7H,1H3,(H,21,22,23). The number of hydrogen-bond donors (Lipinski definition) is 1. The average molecular weight is 335 g/mol. The first kappa shape index (κ1) is 14.5. The Balaban J connectivity index is 1.88. The highest BCUT2D eigenvalue weighted by Gasteiger charge is 2.15. The zero-order valence-electron chi connectivity index (χ0n) is 12.5. The van der Waals surface area contributed by atoms with Crippen LogP contribution in [0, 0.1) is 24.1 Å². The second kappa shape index (κ2) is 5.51. The third-order valence-corrected chi connectivity index (χ3v) is 5.07. The van der Waals surface area contributed by atoms with Crippen LogP contribution in [-0.4, -0.2) is 20.4 Å². The number of aromatic nitrogens is 4. The van der Waals surface area contributed by atoms with Crippen molar-refractivity contribution in [3.8, 4) is 28.0 Å². The minimum Gasteiger partial charge on any atom is -0.245 e. The van der Waals surface area contributed by atoms with Crippen molar-refractivity contribution >= 4 is 21.4 Å². The van der Waals surface area contributed by atoms with Crippen LogP contribution in [0.5, 0.6) is 0 Å². The molecule has 0 fully saturated rings. The first-order valence-corrected chi connectivity index (χ1v) is 7.96. The maximum absolute atomic E-state index is 13.5. The molecule has 0 aliphatic heterocycles. The molecule has 0 atom stereocenters. The number of nitriles is 1. The molecule has 0 aliphatic rings. The van der Waals surface area contributed by atoms with Gasteiger partial charge in [-0.05, 0) is 48.2 Å². The van der Waals surface area contributed by atoms with Gasteiger partial charge in [0.2, 0.25) is 0 Å². The Morgan fingerprint density at radius 1 is 1.17 bits per heavy atom. The molecule has 3 heterocycles. The molecule has 4 rings (SSSR count). The Morgan fingerprint density at radius 3 is 2.83 bits per heavy atom. The number of nitrogens with one attached hydrogen (secondary N) is 1. The van der Waals surface area contributed by atoms with Crippen molar-refractivity contribution in [3.05, 3.63) is 53.5 Å². The molecule has 0 saturated heterocycles. The zero-order chi connectivity index (χ0) is 16.7. The lowest BCUT2D eigenvalue weighted by molar-refractivity contribution is 0.630. The van der Waals surface area contributed by atoms with Crippen molar-refractivity contribution in [2.24, 2.45) is 0 Å². The second-order valence-corrected chi connectivity index (χ2v) is 6.29. The summed E-state index contributed by atoms with van der Waals surface area (Å²) in [4.78, 5) is 5.59. The molecule has 1 aromatic carbocycles. The minimum atomic E-state index is -0.252. The number of benzene rings is 1. The van der Waals surface area contributed by atoms with E-state index in [0.717, 1.165) is 26.2 Å². The van der Waals surface area contributed by atoms with Gasteiger partial charge >= 0.3 is 0 Å². The molecule has 5 nitrogen and oxygen atoms in total.